The number of nitrogen functional groups attached to an aromatic ring is 1. The summed E-state index contributed by atoms with van der Waals surface area (Å²) in [7, 11) is 0. The molecular weight excluding hydrogens is 259 g/mol. The Kier molecular flexibility index (Phi) is 4.32. The summed E-state index contributed by atoms with van der Waals surface area (Å²) in [6.45, 7) is 0.0149. The number of nitrogens with one attached hydrogen (secondary N) is 1. The summed E-state index contributed by atoms with van der Waals surface area (Å²) in [6, 6.07) is 11.6. The molecule has 0 radical (unpaired) electrons. The van der Waals surface area contributed by atoms with Gasteiger partial charge in [0.05, 0.1) is 12.2 Å². The molecule has 5 heteroatoms. The van der Waals surface area contributed by atoms with Crippen LogP contribution in [0.25, 0.3) is 0 Å². The van der Waals surface area contributed by atoms with Gasteiger partial charge in [-0.15, -0.1) is 0 Å². The lowest BCUT2D eigenvalue weighted by molar-refractivity contribution is 0.280. The van der Waals surface area contributed by atoms with E-state index in [1.54, 1.807) is 36.4 Å². The lowest BCUT2D eigenvalue weighted by Crippen LogP contribution is -2.14. The smallest absolute Gasteiger partial charge is 0.140 e. The van der Waals surface area contributed by atoms with Gasteiger partial charge in [-0.05, 0) is 23.8 Å². The molecule has 0 heterocycles. The summed E-state index contributed by atoms with van der Waals surface area (Å²) in [4.78, 5) is 0. The first-order valence-corrected chi connectivity index (χ1v) is 6.06. The highest BCUT2D eigenvalue weighted by molar-refractivity contribution is 5.95. The SMILES string of the molecule is N=C(N)c1cccc(COc2ccc(CO)cc2)c1F. The normalized spacial score (nSPS) is 10.3. The van der Waals surface area contributed by atoms with Gasteiger partial charge in [0.15, 0.2) is 0 Å². The average molecular weight is 274 g/mol. The largest absolute Gasteiger partial charge is 0.489 e. The van der Waals surface area contributed by atoms with E-state index in [4.69, 9.17) is 21.0 Å². The van der Waals surface area contributed by atoms with Crippen molar-refractivity contribution in [1.29, 1.82) is 5.41 Å². The van der Waals surface area contributed by atoms with Gasteiger partial charge in [0, 0.05) is 5.56 Å². The van der Waals surface area contributed by atoms with Crippen molar-refractivity contribution in [3.05, 3.63) is 65.0 Å². The van der Waals surface area contributed by atoms with Crippen molar-refractivity contribution < 1.29 is 14.2 Å². The van der Waals surface area contributed by atoms with Crippen LogP contribution in [0, 0.1) is 11.2 Å². The summed E-state index contributed by atoms with van der Waals surface area (Å²) < 4.78 is 19.5. The summed E-state index contributed by atoms with van der Waals surface area (Å²) >= 11 is 0. The molecule has 0 aliphatic rings. The lowest BCUT2D eigenvalue weighted by atomic mass is 10.1. The first-order chi connectivity index (χ1) is 9.61. The Morgan fingerprint density at radius 3 is 2.50 bits per heavy atom. The number of hydrogen-bond acceptors (Lipinski definition) is 3. The molecule has 20 heavy (non-hydrogen) atoms. The highest BCUT2D eigenvalue weighted by atomic mass is 19.1. The number of halogens is 1. The zero-order valence-electron chi connectivity index (χ0n) is 10.8. The molecule has 4 N–H and O–H groups in total. The van der Waals surface area contributed by atoms with Crippen LogP contribution in [-0.4, -0.2) is 10.9 Å². The van der Waals surface area contributed by atoms with Crippen molar-refractivity contribution in [2.45, 2.75) is 13.2 Å². The highest BCUT2D eigenvalue weighted by Gasteiger charge is 2.10. The van der Waals surface area contributed by atoms with Gasteiger partial charge in [0.1, 0.15) is 24.0 Å². The number of aliphatic hydroxyl groups excluding tert-OH is 1. The van der Waals surface area contributed by atoms with Gasteiger partial charge in [0.2, 0.25) is 0 Å². The Labute approximate surface area is 116 Å². The van der Waals surface area contributed by atoms with E-state index >= 15 is 0 Å². The molecule has 2 rings (SSSR count). The molecule has 0 spiro atoms. The van der Waals surface area contributed by atoms with Crippen molar-refractivity contribution >= 4 is 5.84 Å². The van der Waals surface area contributed by atoms with Crippen molar-refractivity contribution in [1.82, 2.24) is 0 Å². The monoisotopic (exact) mass is 274 g/mol. The maximum atomic E-state index is 14.0. The van der Waals surface area contributed by atoms with Crippen LogP contribution in [0.3, 0.4) is 0 Å². The Morgan fingerprint density at radius 2 is 1.90 bits per heavy atom. The van der Waals surface area contributed by atoms with Crippen LogP contribution in [0.1, 0.15) is 16.7 Å². The standard InChI is InChI=1S/C15H15FN2O2/c16-14-11(2-1-3-13(14)15(17)18)9-20-12-6-4-10(8-19)5-7-12/h1-7,19H,8-9H2,(H3,17,18). The molecule has 0 aromatic heterocycles. The average Bonchev–Trinajstić information content (AvgIpc) is 2.46. The van der Waals surface area contributed by atoms with Crippen LogP contribution in [0.4, 0.5) is 4.39 Å². The van der Waals surface area contributed by atoms with Crippen LogP contribution >= 0.6 is 0 Å². The minimum absolute atomic E-state index is 0.0322. The predicted octanol–water partition coefficient (Wildman–Crippen LogP) is 2.18. The van der Waals surface area contributed by atoms with Crippen LogP contribution in [0.15, 0.2) is 42.5 Å². The van der Waals surface area contributed by atoms with Crippen LogP contribution in [0.5, 0.6) is 5.75 Å². The molecule has 0 aliphatic carbocycles. The molecule has 104 valence electrons. The van der Waals surface area contributed by atoms with E-state index in [2.05, 4.69) is 0 Å². The van der Waals surface area contributed by atoms with E-state index in [-0.39, 0.29) is 24.6 Å². The third-order valence-electron chi connectivity index (χ3n) is 2.87. The van der Waals surface area contributed by atoms with E-state index in [9.17, 15) is 4.39 Å². The number of ether oxygens (including phenoxy) is 1. The molecule has 0 saturated heterocycles. The van der Waals surface area contributed by atoms with Gasteiger partial charge in [-0.1, -0.05) is 24.3 Å². The molecule has 0 atom stereocenters. The van der Waals surface area contributed by atoms with Gasteiger partial charge >= 0.3 is 0 Å². The van der Waals surface area contributed by atoms with Gasteiger partial charge in [-0.3, -0.25) is 5.41 Å². The van der Waals surface area contributed by atoms with E-state index in [0.29, 0.717) is 11.3 Å². The summed E-state index contributed by atoms with van der Waals surface area (Å²) in [6.07, 6.45) is 0. The summed E-state index contributed by atoms with van der Waals surface area (Å²) in [5, 5.41) is 16.2. The maximum absolute atomic E-state index is 14.0. The Morgan fingerprint density at radius 1 is 1.20 bits per heavy atom. The molecule has 0 bridgehead atoms. The van der Waals surface area contributed by atoms with Gasteiger partial charge in [-0.2, -0.15) is 0 Å². The second kappa shape index (κ2) is 6.16. The van der Waals surface area contributed by atoms with E-state index in [0.717, 1.165) is 5.56 Å². The number of nitrogens with two attached hydrogens (primary N) is 1. The molecule has 0 saturated carbocycles. The zero-order chi connectivity index (χ0) is 14.5. The molecule has 2 aromatic carbocycles. The molecule has 0 aliphatic heterocycles. The minimum atomic E-state index is -0.535. The lowest BCUT2D eigenvalue weighted by Gasteiger charge is -2.09. The second-order valence-electron chi connectivity index (χ2n) is 4.28. The van der Waals surface area contributed by atoms with Crippen molar-refractivity contribution in [2.24, 2.45) is 5.73 Å². The van der Waals surface area contributed by atoms with Crippen LogP contribution < -0.4 is 10.5 Å². The summed E-state index contributed by atoms with van der Waals surface area (Å²) in [5.74, 6) is -0.265. The Balaban J connectivity index is 2.10. The number of rotatable bonds is 5. The third kappa shape index (κ3) is 3.13. The maximum Gasteiger partial charge on any atom is 0.140 e. The van der Waals surface area contributed by atoms with E-state index < -0.39 is 5.82 Å². The van der Waals surface area contributed by atoms with Gasteiger partial charge < -0.3 is 15.6 Å². The van der Waals surface area contributed by atoms with Crippen molar-refractivity contribution in [2.75, 3.05) is 0 Å². The molecule has 4 nitrogen and oxygen atoms in total. The minimum Gasteiger partial charge on any atom is -0.489 e. The highest BCUT2D eigenvalue weighted by Crippen LogP contribution is 2.17. The van der Waals surface area contributed by atoms with Crippen molar-refractivity contribution in [3.8, 4) is 5.75 Å². The molecular formula is C15H15FN2O2. The van der Waals surface area contributed by atoms with E-state index in [1.165, 1.54) is 6.07 Å². The predicted molar refractivity (Wildman–Crippen MR) is 74.1 cm³/mol. The fraction of sp³-hybridized carbons (Fsp3) is 0.133. The number of aliphatic hydroxyl groups is 1. The quantitative estimate of drug-likeness (QED) is 0.577. The van der Waals surface area contributed by atoms with Crippen LogP contribution in [-0.2, 0) is 13.2 Å². The second-order valence-corrected chi connectivity index (χ2v) is 4.28. The van der Waals surface area contributed by atoms with E-state index in [1.807, 2.05) is 0 Å². The first kappa shape index (κ1) is 14.0. The zero-order valence-corrected chi connectivity index (χ0v) is 10.8. The molecule has 2 aromatic rings. The van der Waals surface area contributed by atoms with Gasteiger partial charge in [0.25, 0.3) is 0 Å². The molecule has 0 amide bonds. The van der Waals surface area contributed by atoms with Crippen LogP contribution in [0.2, 0.25) is 0 Å². The third-order valence-corrected chi connectivity index (χ3v) is 2.87. The Hall–Kier alpha value is -2.40. The number of benzene rings is 2. The van der Waals surface area contributed by atoms with Gasteiger partial charge in [-0.25, -0.2) is 4.39 Å². The number of amidine groups is 1. The fourth-order valence-corrected chi connectivity index (χ4v) is 1.75. The van der Waals surface area contributed by atoms with Crippen molar-refractivity contribution in [3.63, 3.8) is 0 Å². The fourth-order valence-electron chi connectivity index (χ4n) is 1.75. The summed E-state index contributed by atoms with van der Waals surface area (Å²) in [5.41, 5.74) is 6.49. The molecule has 0 fully saturated rings. The topological polar surface area (TPSA) is 79.3 Å². The molecule has 0 unspecified atom stereocenters. The first-order valence-electron chi connectivity index (χ1n) is 6.06. The number of hydrogen-bond donors (Lipinski definition) is 3. The Bertz CT molecular complexity index is 612.